The van der Waals surface area contributed by atoms with Crippen molar-refractivity contribution < 1.29 is 24.2 Å². The van der Waals surface area contributed by atoms with E-state index in [0.29, 0.717) is 11.3 Å². The van der Waals surface area contributed by atoms with Crippen molar-refractivity contribution in [3.63, 3.8) is 0 Å². The van der Waals surface area contributed by atoms with E-state index in [9.17, 15) is 14.4 Å². The van der Waals surface area contributed by atoms with Crippen molar-refractivity contribution in [2.45, 2.75) is 12.8 Å². The Bertz CT molecular complexity index is 1290. The molecule has 0 aromatic heterocycles. The summed E-state index contributed by atoms with van der Waals surface area (Å²) in [6.45, 7) is 1.79. The first-order valence-electron chi connectivity index (χ1n) is 10.7. The van der Waals surface area contributed by atoms with Crippen LogP contribution in [0, 0.1) is 18.8 Å². The van der Waals surface area contributed by atoms with E-state index in [1.807, 2.05) is 36.4 Å². The van der Waals surface area contributed by atoms with Crippen LogP contribution in [0.5, 0.6) is 0 Å². The van der Waals surface area contributed by atoms with Crippen molar-refractivity contribution in [1.82, 2.24) is 5.32 Å². The predicted molar refractivity (Wildman–Crippen MR) is 128 cm³/mol. The van der Waals surface area contributed by atoms with Crippen LogP contribution in [-0.2, 0) is 9.53 Å². The molecule has 7 nitrogen and oxygen atoms in total. The topological polar surface area (TPSA) is 105 Å². The van der Waals surface area contributed by atoms with Gasteiger partial charge in [-0.1, -0.05) is 60.5 Å². The Labute approximate surface area is 196 Å². The smallest absolute Gasteiger partial charge is 0.407 e. The number of carbonyl (C=O) groups excluding carboxylic acids is 2. The molecule has 170 valence electrons. The van der Waals surface area contributed by atoms with Crippen LogP contribution in [0.4, 0.5) is 10.5 Å². The maximum atomic E-state index is 12.1. The van der Waals surface area contributed by atoms with E-state index in [-0.39, 0.29) is 24.6 Å². The van der Waals surface area contributed by atoms with E-state index in [0.717, 1.165) is 22.3 Å². The summed E-state index contributed by atoms with van der Waals surface area (Å²) in [6, 6.07) is 20.7. The molecule has 4 rings (SSSR count). The minimum Gasteiger partial charge on any atom is -0.478 e. The van der Waals surface area contributed by atoms with Crippen molar-refractivity contribution in [3.8, 4) is 23.0 Å². The molecule has 0 saturated carbocycles. The third-order valence-electron chi connectivity index (χ3n) is 5.59. The van der Waals surface area contributed by atoms with Gasteiger partial charge in [0.05, 0.1) is 12.1 Å². The molecule has 0 unspecified atom stereocenters. The Morgan fingerprint density at radius 2 is 1.62 bits per heavy atom. The van der Waals surface area contributed by atoms with Crippen molar-refractivity contribution in [1.29, 1.82) is 0 Å². The summed E-state index contributed by atoms with van der Waals surface area (Å²) < 4.78 is 5.42. The second-order valence-corrected chi connectivity index (χ2v) is 7.77. The number of carboxylic acids is 1. The van der Waals surface area contributed by atoms with Crippen molar-refractivity contribution in [3.05, 3.63) is 89.0 Å². The van der Waals surface area contributed by atoms with Gasteiger partial charge in [0.15, 0.2) is 0 Å². The highest BCUT2D eigenvalue weighted by Gasteiger charge is 2.28. The third-order valence-corrected chi connectivity index (χ3v) is 5.59. The number of benzene rings is 3. The highest BCUT2D eigenvalue weighted by Crippen LogP contribution is 2.44. The number of hydrogen-bond acceptors (Lipinski definition) is 4. The number of anilines is 1. The Morgan fingerprint density at radius 1 is 0.971 bits per heavy atom. The molecule has 0 saturated heterocycles. The predicted octanol–water partition coefficient (Wildman–Crippen LogP) is 4.17. The van der Waals surface area contributed by atoms with Crippen LogP contribution in [-0.4, -0.2) is 36.2 Å². The highest BCUT2D eigenvalue weighted by molar-refractivity contribution is 6.04. The first-order chi connectivity index (χ1) is 16.4. The maximum absolute atomic E-state index is 12.1. The zero-order chi connectivity index (χ0) is 24.1. The van der Waals surface area contributed by atoms with Gasteiger partial charge < -0.3 is 20.5 Å². The lowest BCUT2D eigenvalue weighted by Crippen LogP contribution is -2.26. The lowest BCUT2D eigenvalue weighted by Gasteiger charge is -2.14. The number of carboxylic acid groups (broad SMARTS) is 1. The first-order valence-corrected chi connectivity index (χ1v) is 10.7. The molecule has 0 bridgehead atoms. The van der Waals surface area contributed by atoms with Crippen molar-refractivity contribution in [2.24, 2.45) is 0 Å². The minimum atomic E-state index is -1.08. The number of ether oxygens (including phenoxy) is 1. The Kier molecular flexibility index (Phi) is 6.60. The second kappa shape index (κ2) is 9.92. The molecule has 1 aliphatic carbocycles. The SMILES string of the molecule is Cc1ccc(NC(=O)C#CCNC(=O)OCC2c3ccccc3-c3ccccc32)cc1C(=O)O. The second-order valence-electron chi connectivity index (χ2n) is 7.77. The quantitative estimate of drug-likeness (QED) is 0.502. The van der Waals surface area contributed by atoms with Crippen LogP contribution in [0.1, 0.15) is 33.0 Å². The van der Waals surface area contributed by atoms with Crippen LogP contribution < -0.4 is 10.6 Å². The summed E-state index contributed by atoms with van der Waals surface area (Å²) in [4.78, 5) is 35.3. The number of alkyl carbamates (subject to hydrolysis) is 1. The number of carbonyl (C=O) groups is 3. The monoisotopic (exact) mass is 454 g/mol. The molecule has 3 aromatic carbocycles. The standard InChI is InChI=1S/C27H22N2O5/c1-17-12-13-18(15-23(17)26(31)32)29-25(30)11-6-14-28-27(33)34-16-24-21-9-4-2-7-19(21)20-8-3-5-10-22(20)24/h2-5,7-10,12-13,15,24H,14,16H2,1H3,(H,28,33)(H,29,30)(H,31,32). The van der Waals surface area contributed by atoms with Gasteiger partial charge in [-0.05, 0) is 52.8 Å². The van der Waals surface area contributed by atoms with E-state index in [4.69, 9.17) is 9.84 Å². The molecule has 0 aliphatic heterocycles. The van der Waals surface area contributed by atoms with E-state index >= 15 is 0 Å². The number of fused-ring (bicyclic) bond motifs is 3. The molecule has 0 spiro atoms. The van der Waals surface area contributed by atoms with Gasteiger partial charge in [-0.15, -0.1) is 0 Å². The first kappa shape index (κ1) is 22.6. The van der Waals surface area contributed by atoms with Crippen LogP contribution in [0.15, 0.2) is 66.7 Å². The van der Waals surface area contributed by atoms with E-state index < -0.39 is 18.0 Å². The third kappa shape index (κ3) is 4.92. The highest BCUT2D eigenvalue weighted by atomic mass is 16.5. The maximum Gasteiger partial charge on any atom is 0.407 e. The van der Waals surface area contributed by atoms with Gasteiger partial charge in [-0.25, -0.2) is 9.59 Å². The van der Waals surface area contributed by atoms with E-state index in [2.05, 4.69) is 34.6 Å². The summed E-state index contributed by atoms with van der Waals surface area (Å²) in [5, 5.41) is 14.2. The lowest BCUT2D eigenvalue weighted by atomic mass is 9.98. The molecular weight excluding hydrogens is 432 g/mol. The fraction of sp³-hybridized carbons (Fsp3) is 0.148. The fourth-order valence-corrected chi connectivity index (χ4v) is 3.98. The van der Waals surface area contributed by atoms with Gasteiger partial charge in [-0.2, -0.15) is 0 Å². The summed E-state index contributed by atoms with van der Waals surface area (Å²) in [6.07, 6.45) is -0.624. The molecular formula is C27H22N2O5. The van der Waals surface area contributed by atoms with Crippen molar-refractivity contribution in [2.75, 3.05) is 18.5 Å². The molecule has 0 atom stereocenters. The zero-order valence-electron chi connectivity index (χ0n) is 18.4. The Hall–Kier alpha value is -4.57. The fourth-order valence-electron chi connectivity index (χ4n) is 3.98. The van der Waals surface area contributed by atoms with Crippen LogP contribution in [0.2, 0.25) is 0 Å². The molecule has 7 heteroatoms. The number of aryl methyl sites for hydroxylation is 1. The number of amides is 2. The lowest BCUT2D eigenvalue weighted by molar-refractivity contribution is -0.111. The summed E-state index contributed by atoms with van der Waals surface area (Å²) in [7, 11) is 0. The van der Waals surface area contributed by atoms with Crippen LogP contribution >= 0.6 is 0 Å². The molecule has 3 N–H and O–H groups in total. The molecule has 0 radical (unpaired) electrons. The molecule has 0 heterocycles. The zero-order valence-corrected chi connectivity index (χ0v) is 18.4. The number of hydrogen-bond donors (Lipinski definition) is 3. The Morgan fingerprint density at radius 3 is 2.26 bits per heavy atom. The summed E-state index contributed by atoms with van der Waals surface area (Å²) >= 11 is 0. The van der Waals surface area contributed by atoms with Gasteiger partial charge in [0.25, 0.3) is 5.91 Å². The van der Waals surface area contributed by atoms with E-state index in [1.54, 1.807) is 19.1 Å². The Balaban J connectivity index is 1.28. The molecule has 34 heavy (non-hydrogen) atoms. The summed E-state index contributed by atoms with van der Waals surface area (Å²) in [5.74, 6) is 3.17. The average molecular weight is 454 g/mol. The number of nitrogens with one attached hydrogen (secondary N) is 2. The largest absolute Gasteiger partial charge is 0.478 e. The average Bonchev–Trinajstić information content (AvgIpc) is 3.15. The molecule has 2 amide bonds. The van der Waals surface area contributed by atoms with E-state index in [1.165, 1.54) is 6.07 Å². The molecule has 3 aromatic rings. The molecule has 1 aliphatic rings. The van der Waals surface area contributed by atoms with Crippen molar-refractivity contribution >= 4 is 23.7 Å². The minimum absolute atomic E-state index is 0.0415. The molecule has 0 fully saturated rings. The normalized spacial score (nSPS) is 11.4. The van der Waals surface area contributed by atoms with Crippen LogP contribution in [0.25, 0.3) is 11.1 Å². The van der Waals surface area contributed by atoms with Gasteiger partial charge in [0.2, 0.25) is 0 Å². The number of aromatic carboxylic acids is 1. The van der Waals surface area contributed by atoms with Gasteiger partial charge >= 0.3 is 12.1 Å². The van der Waals surface area contributed by atoms with Gasteiger partial charge in [0, 0.05) is 11.6 Å². The number of rotatable bonds is 5. The van der Waals surface area contributed by atoms with Gasteiger partial charge in [-0.3, -0.25) is 4.79 Å². The summed E-state index contributed by atoms with van der Waals surface area (Å²) in [5.41, 5.74) is 5.55. The van der Waals surface area contributed by atoms with Gasteiger partial charge in [0.1, 0.15) is 6.61 Å². The van der Waals surface area contributed by atoms with Crippen LogP contribution in [0.3, 0.4) is 0 Å².